The Balaban J connectivity index is 1.52. The van der Waals surface area contributed by atoms with Gasteiger partial charge in [0.1, 0.15) is 11.4 Å². The van der Waals surface area contributed by atoms with Crippen molar-refractivity contribution in [3.63, 3.8) is 0 Å². The second-order valence-corrected chi connectivity index (χ2v) is 15.8. The van der Waals surface area contributed by atoms with E-state index in [0.29, 0.717) is 12.8 Å². The lowest BCUT2D eigenvalue weighted by Crippen LogP contribution is -2.63. The van der Waals surface area contributed by atoms with Crippen LogP contribution in [0, 0.1) is 45.7 Å². The van der Waals surface area contributed by atoms with Crippen molar-refractivity contribution >= 4 is 30.4 Å². The number of halogens is 1. The van der Waals surface area contributed by atoms with Crippen LogP contribution in [0.15, 0.2) is 24.8 Å². The average Bonchev–Trinajstić information content (AvgIpc) is 3.51. The number of aliphatic hydroxyl groups excluding tert-OH is 1. The predicted octanol–water partition coefficient (Wildman–Crippen LogP) is 4.55. The molecular weight excluding hydrogens is 608 g/mol. The number of hydrogen-bond donors (Lipinski definition) is 4. The number of carbonyl (C=O) groups excluding carboxylic acids is 2. The van der Waals surface area contributed by atoms with E-state index in [4.69, 9.17) is 14.1 Å². The van der Waals surface area contributed by atoms with Crippen LogP contribution in [0.4, 0.5) is 9.18 Å². The van der Waals surface area contributed by atoms with Crippen LogP contribution in [0.5, 0.6) is 5.75 Å². The molecule has 1 aromatic carbocycles. The highest BCUT2D eigenvalue weighted by atomic mass is 19.1. The molecule has 0 spiro atoms. The molecule has 2 unspecified atom stereocenters. The van der Waals surface area contributed by atoms with Crippen molar-refractivity contribution in [3.05, 3.63) is 36.2 Å². The molecule has 4 N–H and O–H groups in total. The van der Waals surface area contributed by atoms with Crippen molar-refractivity contribution in [2.24, 2.45) is 39.9 Å². The molecule has 1 heterocycles. The van der Waals surface area contributed by atoms with E-state index in [1.54, 1.807) is 26.8 Å². The van der Waals surface area contributed by atoms with Gasteiger partial charge in [0, 0.05) is 35.7 Å². The Morgan fingerprint density at radius 3 is 2.55 bits per heavy atom. The number of ether oxygens (including phenoxy) is 2. The van der Waals surface area contributed by atoms with Crippen LogP contribution in [0.1, 0.15) is 92.2 Å². The number of nitrogens with one attached hydrogen (secondary N) is 1. The Hall–Kier alpha value is -2.96. The quantitative estimate of drug-likeness (QED) is 0.245. The number of Topliss-reactive ketones (excluding diaryl/α,β-unsaturated/α-hetero) is 1. The third kappa shape index (κ3) is 5.78. The second kappa shape index (κ2) is 12.2. The summed E-state index contributed by atoms with van der Waals surface area (Å²) >= 11 is 0. The van der Waals surface area contributed by atoms with Crippen molar-refractivity contribution in [2.45, 2.75) is 104 Å². The number of benzene rings is 1. The summed E-state index contributed by atoms with van der Waals surface area (Å²) in [4.78, 5) is 39.2. The van der Waals surface area contributed by atoms with Crippen LogP contribution in [0.25, 0.3) is 0 Å². The molecule has 258 valence electrons. The van der Waals surface area contributed by atoms with Crippen LogP contribution < -0.4 is 15.5 Å². The van der Waals surface area contributed by atoms with E-state index in [9.17, 15) is 29.6 Å². The molecule has 5 rings (SSSR count). The minimum Gasteiger partial charge on any atom is -0.478 e. The number of rotatable bonds is 7. The van der Waals surface area contributed by atoms with Crippen molar-refractivity contribution in [1.29, 1.82) is 0 Å². The van der Waals surface area contributed by atoms with Gasteiger partial charge in [-0.25, -0.2) is 14.0 Å². The Kier molecular flexibility index (Phi) is 9.16. The number of carboxylic acids is 1. The van der Waals surface area contributed by atoms with E-state index in [1.807, 2.05) is 27.7 Å². The molecule has 3 fully saturated rings. The molecule has 12 heteroatoms. The summed E-state index contributed by atoms with van der Waals surface area (Å²) in [6.07, 6.45) is 0.230. The van der Waals surface area contributed by atoms with E-state index in [1.165, 1.54) is 12.1 Å². The number of fused-ring (bicyclic) bond motifs is 1. The Bertz CT molecular complexity index is 1450. The highest BCUT2D eigenvalue weighted by Gasteiger charge is 2.69. The first kappa shape index (κ1) is 35.4. The fourth-order valence-electron chi connectivity index (χ4n) is 9.51. The van der Waals surface area contributed by atoms with Crippen molar-refractivity contribution in [3.8, 4) is 5.75 Å². The first-order valence-corrected chi connectivity index (χ1v) is 16.7. The van der Waals surface area contributed by atoms with Crippen LogP contribution in [-0.2, 0) is 19.0 Å². The lowest BCUT2D eigenvalue weighted by molar-refractivity contribution is -0.193. The number of carbonyl (C=O) groups is 3. The summed E-state index contributed by atoms with van der Waals surface area (Å²) < 4.78 is 33.1. The first-order valence-electron chi connectivity index (χ1n) is 16.7. The zero-order chi connectivity index (χ0) is 34.9. The molecule has 3 aliphatic carbocycles. The lowest BCUT2D eigenvalue weighted by atomic mass is 9.41. The zero-order valence-electron chi connectivity index (χ0n) is 28.5. The van der Waals surface area contributed by atoms with Gasteiger partial charge in [0.2, 0.25) is 0 Å². The van der Waals surface area contributed by atoms with Gasteiger partial charge < -0.3 is 34.7 Å². The third-order valence-corrected chi connectivity index (χ3v) is 12.2. The van der Waals surface area contributed by atoms with Gasteiger partial charge in [0.05, 0.1) is 12.2 Å². The van der Waals surface area contributed by atoms with Crippen molar-refractivity contribution in [2.75, 3.05) is 6.54 Å². The van der Waals surface area contributed by atoms with Gasteiger partial charge in [0.15, 0.2) is 17.7 Å². The standard InChI is InChI=1S/C35H49BFNO9/c1-9-33(7)16-21(34(8)18(2)12-14-35(19(3)29(33)40)15-13-22(39)28(34)35)27(30(41)42)45-23-11-10-20-24(47-36(44)25(20)26(23)37)17-38-31(43)46-32(4,5)6/h9-11,18-19,21,24,27-29,40,44H,1,12-17H2,2-8H3,(H,38,43)(H,41,42)/t18-,19+,21+,24?,27?,28+,29+,33-,34-,35+/m1/s1. The number of alkyl carbamates (subject to hydrolysis) is 1. The molecule has 10 nitrogen and oxygen atoms in total. The number of aliphatic carboxylic acids is 1. The molecule has 0 saturated heterocycles. The fraction of sp³-hybridized carbons (Fsp3) is 0.686. The topological polar surface area (TPSA) is 152 Å². The molecule has 47 heavy (non-hydrogen) atoms. The second-order valence-electron chi connectivity index (χ2n) is 15.8. The number of carboxylic acid groups (broad SMARTS) is 1. The normalized spacial score (nSPS) is 37.2. The molecule has 1 amide bonds. The molecule has 1 aliphatic heterocycles. The minimum absolute atomic E-state index is 0.0621. The highest BCUT2D eigenvalue weighted by Crippen LogP contribution is 2.69. The van der Waals surface area contributed by atoms with Crippen molar-refractivity contribution in [1.82, 2.24) is 5.32 Å². The summed E-state index contributed by atoms with van der Waals surface area (Å²) in [6.45, 7) is 17.0. The summed E-state index contributed by atoms with van der Waals surface area (Å²) in [5, 5.41) is 35.9. The van der Waals surface area contributed by atoms with Crippen LogP contribution in [0.2, 0.25) is 0 Å². The Morgan fingerprint density at radius 1 is 1.26 bits per heavy atom. The summed E-state index contributed by atoms with van der Waals surface area (Å²) in [5.41, 5.74) is -2.93. The van der Waals surface area contributed by atoms with E-state index < -0.39 is 77.0 Å². The zero-order valence-corrected chi connectivity index (χ0v) is 28.5. The predicted molar refractivity (Wildman–Crippen MR) is 172 cm³/mol. The number of aliphatic hydroxyl groups is 1. The van der Waals surface area contributed by atoms with Gasteiger partial charge in [-0.3, -0.25) is 4.79 Å². The van der Waals surface area contributed by atoms with E-state index >= 15 is 4.39 Å². The van der Waals surface area contributed by atoms with Gasteiger partial charge in [-0.2, -0.15) is 0 Å². The fourth-order valence-corrected chi connectivity index (χ4v) is 9.51. The number of ketones is 1. The van der Waals surface area contributed by atoms with Crippen LogP contribution in [0.3, 0.4) is 0 Å². The number of amides is 1. The molecule has 0 radical (unpaired) electrons. The number of hydrogen-bond acceptors (Lipinski definition) is 8. The van der Waals surface area contributed by atoms with Crippen LogP contribution in [-0.4, -0.2) is 64.6 Å². The van der Waals surface area contributed by atoms with Crippen molar-refractivity contribution < 1.29 is 48.1 Å². The van der Waals surface area contributed by atoms with Gasteiger partial charge in [-0.15, -0.1) is 6.58 Å². The summed E-state index contributed by atoms with van der Waals surface area (Å²) in [6, 6.07) is 2.79. The smallest absolute Gasteiger partial charge is 0.478 e. The maximum Gasteiger partial charge on any atom is 0.495 e. The van der Waals surface area contributed by atoms with E-state index in [-0.39, 0.29) is 47.4 Å². The molecule has 1 aromatic rings. The largest absolute Gasteiger partial charge is 0.495 e. The Morgan fingerprint density at radius 2 is 1.94 bits per heavy atom. The SMILES string of the molecule is C=C[C@]1(C)C[C@@H](C(Oc2ccc3c(c2F)B(O)OC3CNC(=O)OC(C)(C)C)C(=O)O)[C@@]2(C)[C@H](C)CC[C@]3(CCC(=O)[C@H]32)[C@@H](C)[C@@H]1O. The maximum absolute atomic E-state index is 16.2. The van der Waals surface area contributed by atoms with Crippen LogP contribution >= 0.6 is 0 Å². The maximum atomic E-state index is 16.2. The van der Waals surface area contributed by atoms with Gasteiger partial charge in [-0.05, 0) is 80.8 Å². The van der Waals surface area contributed by atoms with Gasteiger partial charge in [-0.1, -0.05) is 39.8 Å². The summed E-state index contributed by atoms with van der Waals surface area (Å²) in [5.74, 6) is -4.20. The minimum atomic E-state index is -1.68. The average molecular weight is 658 g/mol. The molecule has 0 aromatic heterocycles. The molecular formula is C35H49BFNO9. The van der Waals surface area contributed by atoms with Gasteiger partial charge in [0.25, 0.3) is 0 Å². The highest BCUT2D eigenvalue weighted by molar-refractivity contribution is 6.62. The van der Waals surface area contributed by atoms with Gasteiger partial charge >= 0.3 is 19.2 Å². The monoisotopic (exact) mass is 657 g/mol. The lowest BCUT2D eigenvalue weighted by Gasteiger charge is -2.63. The van der Waals surface area contributed by atoms with E-state index in [0.717, 1.165) is 12.8 Å². The molecule has 3 saturated carbocycles. The molecule has 4 aliphatic rings. The first-order chi connectivity index (χ1) is 21.8. The Labute approximate surface area is 276 Å². The molecule has 10 atom stereocenters. The molecule has 2 bridgehead atoms. The van der Waals surface area contributed by atoms with E-state index in [2.05, 4.69) is 11.9 Å². The summed E-state index contributed by atoms with van der Waals surface area (Å²) in [7, 11) is -1.68. The third-order valence-electron chi connectivity index (χ3n) is 12.2.